The van der Waals surface area contributed by atoms with Gasteiger partial charge in [0.1, 0.15) is 5.76 Å². The number of hydrogen-bond donors (Lipinski definition) is 1. The highest BCUT2D eigenvalue weighted by atomic mass is 16.5. The van der Waals surface area contributed by atoms with Gasteiger partial charge < -0.3 is 14.5 Å². The van der Waals surface area contributed by atoms with Gasteiger partial charge in [-0.1, -0.05) is 13.8 Å². The molecular formula is C16H27NO2. The number of ether oxygens (including phenoxy) is 1. The smallest absolute Gasteiger partial charge is 0.108 e. The van der Waals surface area contributed by atoms with E-state index in [9.17, 15) is 0 Å². The molecule has 1 aromatic rings. The molecule has 2 rings (SSSR count). The van der Waals surface area contributed by atoms with Gasteiger partial charge in [0.15, 0.2) is 0 Å². The minimum absolute atomic E-state index is 0.431. The van der Waals surface area contributed by atoms with Gasteiger partial charge in [0.2, 0.25) is 0 Å². The number of nitrogens with one attached hydrogen (secondary N) is 1. The Hall–Kier alpha value is -0.800. The van der Waals surface area contributed by atoms with Crippen molar-refractivity contribution in [3.63, 3.8) is 0 Å². The van der Waals surface area contributed by atoms with Gasteiger partial charge in [-0.3, -0.25) is 0 Å². The van der Waals surface area contributed by atoms with E-state index in [2.05, 4.69) is 25.2 Å². The molecule has 3 nitrogen and oxygen atoms in total. The first-order chi connectivity index (χ1) is 9.35. The predicted molar refractivity (Wildman–Crippen MR) is 77.3 cm³/mol. The summed E-state index contributed by atoms with van der Waals surface area (Å²) >= 11 is 0. The van der Waals surface area contributed by atoms with Gasteiger partial charge in [0.25, 0.3) is 0 Å². The van der Waals surface area contributed by atoms with Gasteiger partial charge in [-0.25, -0.2) is 0 Å². The number of furan rings is 1. The molecule has 1 aliphatic heterocycles. The second-order valence-electron chi connectivity index (χ2n) is 5.33. The van der Waals surface area contributed by atoms with E-state index in [0.29, 0.717) is 12.1 Å². The zero-order valence-electron chi connectivity index (χ0n) is 12.3. The van der Waals surface area contributed by atoms with Crippen LogP contribution in [0.15, 0.2) is 16.7 Å². The van der Waals surface area contributed by atoms with Crippen LogP contribution in [0.5, 0.6) is 0 Å². The molecular weight excluding hydrogens is 238 g/mol. The van der Waals surface area contributed by atoms with Crippen LogP contribution in [0.1, 0.15) is 63.3 Å². The summed E-state index contributed by atoms with van der Waals surface area (Å²) in [5.41, 5.74) is 1.34. The molecule has 108 valence electrons. The first kappa shape index (κ1) is 14.6. The normalized spacial score (nSPS) is 20.8. The molecule has 0 radical (unpaired) electrons. The summed E-state index contributed by atoms with van der Waals surface area (Å²) in [6.45, 7) is 6.28. The fourth-order valence-corrected chi connectivity index (χ4v) is 2.98. The lowest BCUT2D eigenvalue weighted by molar-refractivity contribution is 0.101. The van der Waals surface area contributed by atoms with Crippen molar-refractivity contribution < 1.29 is 9.15 Å². The van der Waals surface area contributed by atoms with Crippen molar-refractivity contribution >= 4 is 0 Å². The van der Waals surface area contributed by atoms with E-state index in [1.165, 1.54) is 37.7 Å². The molecule has 1 saturated heterocycles. The van der Waals surface area contributed by atoms with Crippen LogP contribution in [0.2, 0.25) is 0 Å². The molecule has 0 aliphatic carbocycles. The van der Waals surface area contributed by atoms with E-state index in [1.807, 2.05) is 6.26 Å². The highest BCUT2D eigenvalue weighted by Crippen LogP contribution is 2.26. The Morgan fingerprint density at radius 3 is 3.00 bits per heavy atom. The van der Waals surface area contributed by atoms with Crippen LogP contribution in [0.25, 0.3) is 0 Å². The second kappa shape index (κ2) is 7.71. The van der Waals surface area contributed by atoms with Crippen LogP contribution in [-0.4, -0.2) is 19.3 Å². The topological polar surface area (TPSA) is 34.4 Å². The average molecular weight is 265 g/mol. The minimum Gasteiger partial charge on any atom is -0.469 e. The van der Waals surface area contributed by atoms with Crippen LogP contribution in [0.3, 0.4) is 0 Å². The van der Waals surface area contributed by atoms with Gasteiger partial charge in [-0.15, -0.1) is 0 Å². The van der Waals surface area contributed by atoms with Crippen molar-refractivity contribution in [1.82, 2.24) is 5.32 Å². The second-order valence-corrected chi connectivity index (χ2v) is 5.33. The number of rotatable bonds is 8. The van der Waals surface area contributed by atoms with Gasteiger partial charge >= 0.3 is 0 Å². The Labute approximate surface area is 116 Å². The fraction of sp³-hybridized carbons (Fsp3) is 0.750. The third-order valence-corrected chi connectivity index (χ3v) is 3.97. The van der Waals surface area contributed by atoms with Crippen molar-refractivity contribution in [2.45, 2.75) is 64.5 Å². The summed E-state index contributed by atoms with van der Waals surface area (Å²) < 4.78 is 11.2. The van der Waals surface area contributed by atoms with Crippen LogP contribution < -0.4 is 5.32 Å². The van der Waals surface area contributed by atoms with Crippen molar-refractivity contribution in [2.24, 2.45) is 0 Å². The monoisotopic (exact) mass is 265 g/mol. The molecule has 1 aromatic heterocycles. The van der Waals surface area contributed by atoms with Gasteiger partial charge in [0.05, 0.1) is 12.4 Å². The SMILES string of the molecule is CCNC(CCCC1CCCO1)c1ccoc1CC. The Balaban J connectivity index is 1.85. The van der Waals surface area contributed by atoms with Crippen LogP contribution in [-0.2, 0) is 11.2 Å². The third-order valence-electron chi connectivity index (χ3n) is 3.97. The van der Waals surface area contributed by atoms with Crippen molar-refractivity contribution in [1.29, 1.82) is 0 Å². The standard InChI is InChI=1S/C16H27NO2/c1-3-16-14(10-12-19-16)15(17-4-2)9-5-7-13-8-6-11-18-13/h10,12-13,15,17H,3-9,11H2,1-2H3. The van der Waals surface area contributed by atoms with Crippen LogP contribution in [0.4, 0.5) is 0 Å². The Kier molecular flexibility index (Phi) is 5.93. The zero-order chi connectivity index (χ0) is 13.5. The number of hydrogen-bond acceptors (Lipinski definition) is 3. The molecule has 2 atom stereocenters. The molecule has 0 bridgehead atoms. The summed E-state index contributed by atoms with van der Waals surface area (Å²) in [7, 11) is 0. The molecule has 2 unspecified atom stereocenters. The maximum Gasteiger partial charge on any atom is 0.108 e. The van der Waals surface area contributed by atoms with Crippen LogP contribution in [0, 0.1) is 0 Å². The summed E-state index contributed by atoms with van der Waals surface area (Å²) in [4.78, 5) is 0. The minimum atomic E-state index is 0.431. The highest BCUT2D eigenvalue weighted by Gasteiger charge is 2.19. The molecule has 1 aliphatic rings. The fourth-order valence-electron chi connectivity index (χ4n) is 2.98. The largest absolute Gasteiger partial charge is 0.469 e. The summed E-state index contributed by atoms with van der Waals surface area (Å²) in [5.74, 6) is 1.13. The Morgan fingerprint density at radius 2 is 2.32 bits per heavy atom. The first-order valence-electron chi connectivity index (χ1n) is 7.76. The van der Waals surface area contributed by atoms with E-state index in [-0.39, 0.29) is 0 Å². The molecule has 19 heavy (non-hydrogen) atoms. The maximum atomic E-state index is 5.69. The lowest BCUT2D eigenvalue weighted by Crippen LogP contribution is -2.21. The lowest BCUT2D eigenvalue weighted by Gasteiger charge is -2.19. The predicted octanol–water partition coefficient (Wildman–Crippen LogP) is 3.84. The van der Waals surface area contributed by atoms with E-state index < -0.39 is 0 Å². The molecule has 3 heteroatoms. The molecule has 0 spiro atoms. The molecule has 2 heterocycles. The van der Waals surface area contributed by atoms with E-state index in [0.717, 1.165) is 25.3 Å². The lowest BCUT2D eigenvalue weighted by atomic mass is 9.98. The average Bonchev–Trinajstić information content (AvgIpc) is 3.08. The summed E-state index contributed by atoms with van der Waals surface area (Å²) in [6.07, 6.45) is 9.37. The maximum absolute atomic E-state index is 5.69. The Bertz CT molecular complexity index is 355. The molecule has 1 N–H and O–H groups in total. The number of aryl methyl sites for hydroxylation is 1. The quantitative estimate of drug-likeness (QED) is 0.775. The van der Waals surface area contributed by atoms with Crippen molar-refractivity contribution in [3.05, 3.63) is 23.7 Å². The van der Waals surface area contributed by atoms with E-state index >= 15 is 0 Å². The summed E-state index contributed by atoms with van der Waals surface area (Å²) in [5, 5.41) is 3.58. The molecule has 1 fully saturated rings. The molecule has 0 amide bonds. The van der Waals surface area contributed by atoms with Gasteiger partial charge in [0, 0.05) is 24.6 Å². The molecule has 0 saturated carbocycles. The molecule has 0 aromatic carbocycles. The first-order valence-corrected chi connectivity index (χ1v) is 7.76. The van der Waals surface area contributed by atoms with Crippen molar-refractivity contribution in [3.8, 4) is 0 Å². The highest BCUT2D eigenvalue weighted by molar-refractivity contribution is 5.21. The summed E-state index contributed by atoms with van der Waals surface area (Å²) in [6, 6.07) is 2.55. The van der Waals surface area contributed by atoms with Crippen molar-refractivity contribution in [2.75, 3.05) is 13.2 Å². The third kappa shape index (κ3) is 4.08. The van der Waals surface area contributed by atoms with E-state index in [1.54, 1.807) is 0 Å². The van der Waals surface area contributed by atoms with Gasteiger partial charge in [-0.2, -0.15) is 0 Å². The zero-order valence-corrected chi connectivity index (χ0v) is 12.3. The van der Waals surface area contributed by atoms with Crippen LogP contribution >= 0.6 is 0 Å². The Morgan fingerprint density at radius 1 is 1.42 bits per heavy atom. The van der Waals surface area contributed by atoms with Gasteiger partial charge in [-0.05, 0) is 44.7 Å². The van der Waals surface area contributed by atoms with E-state index in [4.69, 9.17) is 9.15 Å².